The van der Waals surface area contributed by atoms with Crippen molar-refractivity contribution in [3.8, 4) is 0 Å². The van der Waals surface area contributed by atoms with Gasteiger partial charge >= 0.3 is 0 Å². The Labute approximate surface area is 71.5 Å². The Kier molecular flexibility index (Phi) is 1.16. The minimum Gasteiger partial charge on any atom is -0.363 e. The summed E-state index contributed by atoms with van der Waals surface area (Å²) in [6, 6.07) is 0.354. The van der Waals surface area contributed by atoms with Gasteiger partial charge in [0.25, 0.3) is 5.91 Å². The Morgan fingerprint density at radius 2 is 2.33 bits per heavy atom. The van der Waals surface area contributed by atoms with Gasteiger partial charge in [-0.2, -0.15) is 0 Å². The second kappa shape index (κ2) is 2.02. The van der Waals surface area contributed by atoms with Crippen molar-refractivity contribution in [1.29, 1.82) is 0 Å². The van der Waals surface area contributed by atoms with Crippen molar-refractivity contribution in [2.45, 2.75) is 37.3 Å². The van der Waals surface area contributed by atoms with Crippen LogP contribution >= 0.6 is 0 Å². The predicted molar refractivity (Wildman–Crippen MR) is 42.6 cm³/mol. The first kappa shape index (κ1) is 6.89. The number of hydrogen-bond acceptors (Lipinski definition) is 2. The molecule has 2 atom stereocenters. The fourth-order valence-electron chi connectivity index (χ4n) is 2.46. The molecular weight excluding hydrogens is 154 g/mol. The average molecular weight is 167 g/mol. The van der Waals surface area contributed by atoms with Crippen LogP contribution in [0.3, 0.4) is 0 Å². The van der Waals surface area contributed by atoms with Gasteiger partial charge in [-0.05, 0) is 31.6 Å². The van der Waals surface area contributed by atoms with E-state index in [-0.39, 0.29) is 11.5 Å². The van der Waals surface area contributed by atoms with Crippen LogP contribution in [0.5, 0.6) is 0 Å². The van der Waals surface area contributed by atoms with Crippen molar-refractivity contribution in [2.24, 2.45) is 5.92 Å². The van der Waals surface area contributed by atoms with E-state index in [1.54, 1.807) is 0 Å². The zero-order valence-corrected chi connectivity index (χ0v) is 7.01. The molecule has 0 radical (unpaired) electrons. The largest absolute Gasteiger partial charge is 0.363 e. The van der Waals surface area contributed by atoms with E-state index in [9.17, 15) is 4.79 Å². The predicted octanol–water partition coefficient (Wildman–Crippen LogP) is 0.444. The summed E-state index contributed by atoms with van der Waals surface area (Å²) in [5, 5.41) is 2.97. The van der Waals surface area contributed by atoms with Crippen molar-refractivity contribution >= 4 is 5.91 Å². The Balaban J connectivity index is 1.84. The van der Waals surface area contributed by atoms with E-state index >= 15 is 0 Å². The minimum absolute atomic E-state index is 0.136. The number of carbonyl (C=O) groups excluding carboxylic acids is 1. The van der Waals surface area contributed by atoms with E-state index in [4.69, 9.17) is 4.74 Å². The van der Waals surface area contributed by atoms with Gasteiger partial charge in [0.2, 0.25) is 0 Å². The molecular formula is C9H13NO2. The van der Waals surface area contributed by atoms with E-state index in [1.165, 1.54) is 12.8 Å². The number of ether oxygens (including phenoxy) is 1. The molecule has 1 amide bonds. The van der Waals surface area contributed by atoms with Crippen LogP contribution in [-0.4, -0.2) is 24.2 Å². The summed E-state index contributed by atoms with van der Waals surface area (Å²) in [5.74, 6) is 0.859. The van der Waals surface area contributed by atoms with Crippen LogP contribution in [0.25, 0.3) is 0 Å². The number of hydrogen-bond donors (Lipinski definition) is 1. The summed E-state index contributed by atoms with van der Waals surface area (Å²) in [4.78, 5) is 11.4. The average Bonchev–Trinajstić information content (AvgIpc) is 2.74. The van der Waals surface area contributed by atoms with Crippen LogP contribution in [0.4, 0.5) is 0 Å². The van der Waals surface area contributed by atoms with Gasteiger partial charge in [-0.15, -0.1) is 0 Å². The molecule has 1 aliphatic carbocycles. The van der Waals surface area contributed by atoms with Gasteiger partial charge in [0.15, 0.2) is 5.60 Å². The maximum Gasteiger partial charge on any atom is 0.254 e. The lowest BCUT2D eigenvalue weighted by molar-refractivity contribution is -0.164. The van der Waals surface area contributed by atoms with Crippen LogP contribution < -0.4 is 5.32 Å². The summed E-state index contributed by atoms with van der Waals surface area (Å²) in [5.41, 5.74) is -0.374. The molecule has 3 heteroatoms. The molecule has 0 unspecified atom stereocenters. The molecule has 2 saturated heterocycles. The molecule has 3 rings (SSSR count). The van der Waals surface area contributed by atoms with Crippen molar-refractivity contribution < 1.29 is 9.53 Å². The van der Waals surface area contributed by atoms with E-state index in [0.29, 0.717) is 6.04 Å². The fourth-order valence-corrected chi connectivity index (χ4v) is 2.46. The number of carbonyl (C=O) groups is 1. The van der Waals surface area contributed by atoms with Gasteiger partial charge < -0.3 is 10.1 Å². The number of rotatable bonds is 1. The third kappa shape index (κ3) is 0.678. The highest BCUT2D eigenvalue weighted by molar-refractivity contribution is 5.93. The summed E-state index contributed by atoms with van der Waals surface area (Å²) < 4.78 is 5.59. The monoisotopic (exact) mass is 167 g/mol. The molecule has 3 nitrogen and oxygen atoms in total. The number of nitrogens with one attached hydrogen (secondary N) is 1. The molecule has 0 aromatic heterocycles. The Hall–Kier alpha value is -0.570. The molecule has 3 fully saturated rings. The highest BCUT2D eigenvalue weighted by atomic mass is 16.5. The second-order valence-corrected chi connectivity index (χ2v) is 4.13. The maximum absolute atomic E-state index is 11.4. The standard InChI is InChI=1S/C9H13NO2/c11-8-9(4-1-5-12-9)7(10-8)6-2-3-6/h6-7H,1-5H2,(H,10,11)/t7-,9-/m1/s1. The van der Waals surface area contributed by atoms with Crippen molar-refractivity contribution in [3.05, 3.63) is 0 Å². The lowest BCUT2D eigenvalue weighted by Crippen LogP contribution is -2.72. The van der Waals surface area contributed by atoms with Crippen LogP contribution in [0.1, 0.15) is 25.7 Å². The Morgan fingerprint density at radius 1 is 1.50 bits per heavy atom. The second-order valence-electron chi connectivity index (χ2n) is 4.13. The van der Waals surface area contributed by atoms with Crippen LogP contribution in [0.15, 0.2) is 0 Å². The van der Waals surface area contributed by atoms with Gasteiger partial charge in [0.05, 0.1) is 6.04 Å². The van der Waals surface area contributed by atoms with E-state index in [2.05, 4.69) is 5.32 Å². The zero-order valence-electron chi connectivity index (χ0n) is 7.01. The quantitative estimate of drug-likeness (QED) is 0.576. The van der Waals surface area contributed by atoms with E-state index in [0.717, 1.165) is 25.4 Å². The maximum atomic E-state index is 11.4. The first-order valence-corrected chi connectivity index (χ1v) is 4.78. The smallest absolute Gasteiger partial charge is 0.254 e. The van der Waals surface area contributed by atoms with E-state index in [1.807, 2.05) is 0 Å². The van der Waals surface area contributed by atoms with Crippen molar-refractivity contribution in [3.63, 3.8) is 0 Å². The minimum atomic E-state index is -0.374. The topological polar surface area (TPSA) is 38.3 Å². The molecule has 66 valence electrons. The zero-order chi connectivity index (χ0) is 8.18. The molecule has 0 aromatic carbocycles. The number of β-lactam (4-membered cyclic amide) rings is 1. The Morgan fingerprint density at radius 3 is 2.83 bits per heavy atom. The summed E-state index contributed by atoms with van der Waals surface area (Å²) in [6.45, 7) is 0.774. The third-order valence-electron chi connectivity index (χ3n) is 3.32. The van der Waals surface area contributed by atoms with Crippen LogP contribution in [0, 0.1) is 5.92 Å². The lowest BCUT2D eigenvalue weighted by Gasteiger charge is -2.45. The van der Waals surface area contributed by atoms with Gasteiger partial charge in [-0.1, -0.05) is 0 Å². The van der Waals surface area contributed by atoms with Crippen molar-refractivity contribution in [2.75, 3.05) is 6.61 Å². The molecule has 0 bridgehead atoms. The molecule has 1 spiro atoms. The summed E-state index contributed by atoms with van der Waals surface area (Å²) >= 11 is 0. The lowest BCUT2D eigenvalue weighted by atomic mass is 9.80. The third-order valence-corrected chi connectivity index (χ3v) is 3.32. The first-order chi connectivity index (χ1) is 5.83. The number of amides is 1. The highest BCUT2D eigenvalue weighted by Gasteiger charge is 2.62. The SMILES string of the molecule is O=C1N[C@H](C2CC2)[C@]12CCCO2. The normalized spacial score (nSPS) is 46.0. The molecule has 12 heavy (non-hydrogen) atoms. The molecule has 0 aromatic rings. The molecule has 1 N–H and O–H groups in total. The van der Waals surface area contributed by atoms with E-state index < -0.39 is 0 Å². The highest BCUT2D eigenvalue weighted by Crippen LogP contribution is 2.46. The van der Waals surface area contributed by atoms with Gasteiger partial charge in [-0.25, -0.2) is 0 Å². The van der Waals surface area contributed by atoms with Crippen molar-refractivity contribution in [1.82, 2.24) is 5.32 Å². The molecule has 3 aliphatic rings. The van der Waals surface area contributed by atoms with Crippen LogP contribution in [0.2, 0.25) is 0 Å². The van der Waals surface area contributed by atoms with Gasteiger partial charge in [-0.3, -0.25) is 4.79 Å². The van der Waals surface area contributed by atoms with Crippen LogP contribution in [-0.2, 0) is 9.53 Å². The van der Waals surface area contributed by atoms with Gasteiger partial charge in [0.1, 0.15) is 0 Å². The molecule has 1 saturated carbocycles. The van der Waals surface area contributed by atoms with Gasteiger partial charge in [0, 0.05) is 6.61 Å². The Bertz CT molecular complexity index is 229. The summed E-state index contributed by atoms with van der Waals surface area (Å²) in [6.07, 6.45) is 4.54. The first-order valence-electron chi connectivity index (χ1n) is 4.78. The fraction of sp³-hybridized carbons (Fsp3) is 0.889. The molecule has 2 heterocycles. The molecule has 2 aliphatic heterocycles. The summed E-state index contributed by atoms with van der Waals surface area (Å²) in [7, 11) is 0.